The Hall–Kier alpha value is -4.85. The van der Waals surface area contributed by atoms with Gasteiger partial charge in [0.05, 0.1) is 6.61 Å². The fraction of sp³-hybridized carbons (Fsp3) is 0.324. The van der Waals surface area contributed by atoms with Crippen molar-refractivity contribution in [3.05, 3.63) is 123 Å². The van der Waals surface area contributed by atoms with Crippen molar-refractivity contribution in [3.63, 3.8) is 0 Å². The molecule has 5 aromatic rings. The molecule has 12 nitrogen and oxygen atoms in total. The summed E-state index contributed by atoms with van der Waals surface area (Å²) in [7, 11) is 0. The van der Waals surface area contributed by atoms with Crippen LogP contribution in [0.3, 0.4) is 0 Å². The number of aromatic nitrogens is 4. The van der Waals surface area contributed by atoms with E-state index in [1.807, 2.05) is 79.7 Å². The van der Waals surface area contributed by atoms with E-state index < -0.39 is 5.79 Å². The molecule has 242 valence electrons. The number of benzene rings is 3. The number of piperazine rings is 1. The molecule has 0 radical (unpaired) electrons. The van der Waals surface area contributed by atoms with Gasteiger partial charge in [-0.15, -0.1) is 0 Å². The average Bonchev–Trinajstić information content (AvgIpc) is 3.86. The van der Waals surface area contributed by atoms with Gasteiger partial charge in [0.25, 0.3) is 0 Å². The van der Waals surface area contributed by atoms with Gasteiger partial charge in [-0.05, 0) is 34.5 Å². The minimum absolute atomic E-state index is 0.0488. The molecule has 0 N–H and O–H groups in total. The van der Waals surface area contributed by atoms with Crippen LogP contribution >= 0.6 is 11.3 Å². The molecule has 2 aliphatic heterocycles. The summed E-state index contributed by atoms with van der Waals surface area (Å²) in [6, 6.07) is 26.0. The van der Waals surface area contributed by atoms with Crippen LogP contribution in [0.1, 0.15) is 21.6 Å². The summed E-state index contributed by atoms with van der Waals surface area (Å²) >= 11 is 1.41. The van der Waals surface area contributed by atoms with E-state index in [0.717, 1.165) is 41.2 Å². The quantitative estimate of drug-likeness (QED) is 0.139. The summed E-state index contributed by atoms with van der Waals surface area (Å²) in [5, 5.41) is 16.7. The lowest BCUT2D eigenvalue weighted by Crippen LogP contribution is -2.46. The first kappa shape index (κ1) is 30.8. The maximum atomic E-state index is 11.8. The Morgan fingerprint density at radius 2 is 1.81 bits per heavy atom. The molecule has 0 aliphatic carbocycles. The van der Waals surface area contributed by atoms with E-state index in [9.17, 15) is 10.1 Å². The van der Waals surface area contributed by atoms with E-state index in [1.54, 1.807) is 11.0 Å². The van der Waals surface area contributed by atoms with Gasteiger partial charge < -0.3 is 34.1 Å². The Morgan fingerprint density at radius 1 is 1.02 bits per heavy atom. The first-order valence-corrected chi connectivity index (χ1v) is 16.4. The molecule has 0 spiro atoms. The smallest absolute Gasteiger partial charge is 0.380 e. The number of aryl methyl sites for hydroxylation is 1. The molecule has 2 aliphatic rings. The highest BCUT2D eigenvalue weighted by Crippen LogP contribution is 2.37. The number of nitro groups is 1. The Balaban J connectivity index is 0.966. The minimum atomic E-state index is -0.989. The van der Waals surface area contributed by atoms with E-state index in [2.05, 4.69) is 30.9 Å². The minimum Gasteiger partial charge on any atom is -0.491 e. The maximum Gasteiger partial charge on any atom is 0.380 e. The third-order valence-corrected chi connectivity index (χ3v) is 9.51. The van der Waals surface area contributed by atoms with E-state index in [-0.39, 0.29) is 16.8 Å². The summed E-state index contributed by atoms with van der Waals surface area (Å²) in [6.07, 6.45) is 3.37. The van der Waals surface area contributed by atoms with Gasteiger partial charge in [-0.25, -0.2) is 9.67 Å². The summed E-state index contributed by atoms with van der Waals surface area (Å²) in [6.45, 7) is 6.06. The highest BCUT2D eigenvalue weighted by atomic mass is 32.1. The summed E-state index contributed by atoms with van der Waals surface area (Å²) in [5.74, 6) is -0.289. The lowest BCUT2D eigenvalue weighted by Gasteiger charge is -2.35. The van der Waals surface area contributed by atoms with Gasteiger partial charge in [-0.1, -0.05) is 77.6 Å². The van der Waals surface area contributed by atoms with Gasteiger partial charge in [0, 0.05) is 49.9 Å². The predicted molar refractivity (Wildman–Crippen MR) is 178 cm³/mol. The molecule has 2 aromatic heterocycles. The van der Waals surface area contributed by atoms with Crippen molar-refractivity contribution in [2.24, 2.45) is 0 Å². The molecule has 3 aromatic carbocycles. The molecule has 0 amide bonds. The number of hydrogen-bond donors (Lipinski definition) is 0. The largest absolute Gasteiger partial charge is 0.491 e. The van der Waals surface area contributed by atoms with Crippen LogP contribution in [0.15, 0.2) is 91.5 Å². The zero-order valence-electron chi connectivity index (χ0n) is 26.0. The van der Waals surface area contributed by atoms with Gasteiger partial charge in [0.2, 0.25) is 5.79 Å². The highest BCUT2D eigenvalue weighted by Gasteiger charge is 2.44. The molecule has 4 heterocycles. The molecule has 0 unspecified atom stereocenters. The third-order valence-electron chi connectivity index (χ3n) is 8.40. The van der Waals surface area contributed by atoms with Crippen LogP contribution in [0.5, 0.6) is 5.75 Å². The number of nitrogens with zero attached hydrogens (tertiary/aromatic N) is 7. The fourth-order valence-corrected chi connectivity index (χ4v) is 7.04. The van der Waals surface area contributed by atoms with E-state index in [1.165, 1.54) is 17.7 Å². The molecule has 2 atom stereocenters. The molecule has 0 bridgehead atoms. The number of thiazole rings is 1. The molecule has 2 saturated heterocycles. The van der Waals surface area contributed by atoms with E-state index in [4.69, 9.17) is 14.2 Å². The fourth-order valence-electron chi connectivity index (χ4n) is 5.93. The second-order valence-electron chi connectivity index (χ2n) is 11.7. The molecule has 13 heteroatoms. The van der Waals surface area contributed by atoms with Gasteiger partial charge in [0.15, 0.2) is 0 Å². The van der Waals surface area contributed by atoms with Crippen LogP contribution in [0.25, 0.3) is 0 Å². The van der Waals surface area contributed by atoms with Crippen molar-refractivity contribution in [2.75, 3.05) is 49.2 Å². The summed E-state index contributed by atoms with van der Waals surface area (Å²) in [5.41, 5.74) is 4.16. The number of anilines is 2. The lowest BCUT2D eigenvalue weighted by molar-refractivity contribution is -0.389. The predicted octanol–water partition coefficient (Wildman–Crippen LogP) is 5.22. The van der Waals surface area contributed by atoms with E-state index in [0.29, 0.717) is 49.3 Å². The molecule has 2 fully saturated rings. The van der Waals surface area contributed by atoms with Gasteiger partial charge in [-0.3, -0.25) is 0 Å². The Labute approximate surface area is 276 Å². The number of hydrogen-bond acceptors (Lipinski definition) is 11. The SMILES string of the molecule is Cc1ccc([C@]2(Cn3cncn3)OC[C@@H](COc3cccc(N4CCN(c5nc([N+](=O)[O-])c(Cc6ccccc6)s5)CC4)c3)O2)cc1. The molecule has 0 saturated carbocycles. The number of rotatable bonds is 11. The standard InChI is InChI=1S/C34H35N7O5S/c1-25-10-12-27(13-11-25)34(22-40-24-35-23-36-40)45-21-30(46-34)20-44-29-9-5-8-28(19-29)38-14-16-39(17-15-38)33-37-32(41(42)43)31(47-33)18-26-6-3-2-4-7-26/h2-13,19,23-24,30H,14-18,20-22H2,1H3/t30-,34-/m1/s1. The van der Waals surface area contributed by atoms with Crippen LogP contribution in [-0.4, -0.2) is 70.2 Å². The van der Waals surface area contributed by atoms with Crippen LogP contribution < -0.4 is 14.5 Å². The second-order valence-corrected chi connectivity index (χ2v) is 12.8. The van der Waals surface area contributed by atoms with Crippen molar-refractivity contribution >= 4 is 28.0 Å². The van der Waals surface area contributed by atoms with Crippen LogP contribution in [0, 0.1) is 17.0 Å². The average molecular weight is 654 g/mol. The van der Waals surface area contributed by atoms with Crippen LogP contribution in [0.2, 0.25) is 0 Å². The van der Waals surface area contributed by atoms with Crippen molar-refractivity contribution in [1.29, 1.82) is 0 Å². The first-order chi connectivity index (χ1) is 22.9. The Morgan fingerprint density at radius 3 is 2.55 bits per heavy atom. The topological polar surface area (TPSA) is 121 Å². The molecule has 7 rings (SSSR count). The van der Waals surface area contributed by atoms with Crippen molar-refractivity contribution < 1.29 is 19.1 Å². The third kappa shape index (κ3) is 6.97. The molecular formula is C34H35N7O5S. The highest BCUT2D eigenvalue weighted by molar-refractivity contribution is 7.16. The Kier molecular flexibility index (Phi) is 8.83. The van der Waals surface area contributed by atoms with Gasteiger partial charge >= 0.3 is 10.9 Å². The Bertz CT molecular complexity index is 1790. The normalized spacial score (nSPS) is 19.6. The molecule has 47 heavy (non-hydrogen) atoms. The van der Waals surface area contributed by atoms with E-state index >= 15 is 0 Å². The zero-order chi connectivity index (χ0) is 32.2. The van der Waals surface area contributed by atoms with Crippen molar-refractivity contribution in [3.8, 4) is 5.75 Å². The van der Waals surface area contributed by atoms with Crippen molar-refractivity contribution in [1.82, 2.24) is 19.7 Å². The van der Waals surface area contributed by atoms with Gasteiger partial charge in [0.1, 0.15) is 42.5 Å². The van der Waals surface area contributed by atoms with Gasteiger partial charge in [-0.2, -0.15) is 5.10 Å². The van der Waals surface area contributed by atoms with Crippen LogP contribution in [0.4, 0.5) is 16.6 Å². The first-order valence-electron chi connectivity index (χ1n) is 15.6. The second kappa shape index (κ2) is 13.5. The molecular weight excluding hydrogens is 618 g/mol. The maximum absolute atomic E-state index is 11.8. The zero-order valence-corrected chi connectivity index (χ0v) is 26.8. The number of ether oxygens (including phenoxy) is 3. The monoisotopic (exact) mass is 653 g/mol. The summed E-state index contributed by atoms with van der Waals surface area (Å²) in [4.78, 5) is 25.0. The van der Waals surface area contributed by atoms with Crippen LogP contribution in [-0.2, 0) is 28.2 Å². The lowest BCUT2D eigenvalue weighted by atomic mass is 10.0. The summed E-state index contributed by atoms with van der Waals surface area (Å²) < 4.78 is 20.8. The van der Waals surface area contributed by atoms with Crippen molar-refractivity contribution in [2.45, 2.75) is 31.8 Å².